The molecule has 1 amide bonds. The van der Waals surface area contributed by atoms with Crippen molar-refractivity contribution in [2.24, 2.45) is 0 Å². The van der Waals surface area contributed by atoms with Gasteiger partial charge in [-0.05, 0) is 37.1 Å². The highest BCUT2D eigenvalue weighted by Crippen LogP contribution is 2.20. The third-order valence-corrected chi connectivity index (χ3v) is 5.34. The number of methoxy groups -OCH3 is 1. The summed E-state index contributed by atoms with van der Waals surface area (Å²) >= 11 is 6.27. The van der Waals surface area contributed by atoms with Crippen molar-refractivity contribution in [3.05, 3.63) is 93.8 Å². The van der Waals surface area contributed by atoms with E-state index in [2.05, 4.69) is 10.4 Å². The number of rotatable bonds is 7. The number of nitrogens with zero attached hydrogens (tertiary/aromatic N) is 2. The first-order valence-electron chi connectivity index (χ1n) is 9.79. The molecular formula is C24H24ClN3O3. The fraction of sp³-hybridized carbons (Fsp3) is 0.208. The fourth-order valence-corrected chi connectivity index (χ4v) is 3.48. The van der Waals surface area contributed by atoms with Gasteiger partial charge in [0.15, 0.2) is 6.04 Å². The number of aromatic nitrogens is 2. The van der Waals surface area contributed by atoms with Crippen LogP contribution in [0.4, 0.5) is 0 Å². The summed E-state index contributed by atoms with van der Waals surface area (Å²) in [7, 11) is 1.29. The van der Waals surface area contributed by atoms with Crippen molar-refractivity contribution in [2.45, 2.75) is 26.4 Å². The minimum Gasteiger partial charge on any atom is -0.467 e. The van der Waals surface area contributed by atoms with Crippen molar-refractivity contribution >= 4 is 29.6 Å². The van der Waals surface area contributed by atoms with E-state index in [0.29, 0.717) is 17.1 Å². The number of hydrogen-bond acceptors (Lipinski definition) is 4. The molecule has 1 unspecified atom stereocenters. The Bertz CT molecular complexity index is 1110. The monoisotopic (exact) mass is 437 g/mol. The SMILES string of the molecule is COC(=O)C(NC(=O)/C=C/c1c(C)nn(Cc2ccccc2Cl)c1C)c1ccccc1. The van der Waals surface area contributed by atoms with Gasteiger partial charge in [-0.25, -0.2) is 4.79 Å². The molecule has 1 N–H and O–H groups in total. The van der Waals surface area contributed by atoms with Crippen LogP contribution in [0.3, 0.4) is 0 Å². The Hall–Kier alpha value is -3.38. The van der Waals surface area contributed by atoms with Crippen LogP contribution in [0.5, 0.6) is 0 Å². The highest BCUT2D eigenvalue weighted by Gasteiger charge is 2.22. The van der Waals surface area contributed by atoms with Gasteiger partial charge in [-0.15, -0.1) is 0 Å². The predicted octanol–water partition coefficient (Wildman–Crippen LogP) is 4.25. The van der Waals surface area contributed by atoms with Crippen LogP contribution in [0.25, 0.3) is 6.08 Å². The summed E-state index contributed by atoms with van der Waals surface area (Å²) in [6.45, 7) is 4.36. The zero-order valence-corrected chi connectivity index (χ0v) is 18.4. The van der Waals surface area contributed by atoms with E-state index in [0.717, 1.165) is 22.5 Å². The van der Waals surface area contributed by atoms with E-state index in [1.54, 1.807) is 30.3 Å². The molecular weight excluding hydrogens is 414 g/mol. The third kappa shape index (κ3) is 5.41. The van der Waals surface area contributed by atoms with Gasteiger partial charge in [-0.3, -0.25) is 9.48 Å². The fourth-order valence-electron chi connectivity index (χ4n) is 3.28. The number of carbonyl (C=O) groups excluding carboxylic acids is 2. The maximum Gasteiger partial charge on any atom is 0.333 e. The van der Waals surface area contributed by atoms with E-state index < -0.39 is 17.9 Å². The number of halogens is 1. The molecule has 1 atom stereocenters. The predicted molar refractivity (Wildman–Crippen MR) is 121 cm³/mol. The highest BCUT2D eigenvalue weighted by molar-refractivity contribution is 6.31. The van der Waals surface area contributed by atoms with Gasteiger partial charge < -0.3 is 10.1 Å². The molecule has 31 heavy (non-hydrogen) atoms. The van der Waals surface area contributed by atoms with Crippen LogP contribution in [0.2, 0.25) is 5.02 Å². The topological polar surface area (TPSA) is 73.2 Å². The Kier molecular flexibility index (Phi) is 7.26. The Labute approximate surface area is 186 Å². The van der Waals surface area contributed by atoms with Crippen molar-refractivity contribution in [3.8, 4) is 0 Å². The first kappa shape index (κ1) is 22.3. The van der Waals surface area contributed by atoms with E-state index in [4.69, 9.17) is 16.3 Å². The van der Waals surface area contributed by atoms with Crippen LogP contribution in [0.15, 0.2) is 60.7 Å². The van der Waals surface area contributed by atoms with E-state index in [1.807, 2.05) is 48.9 Å². The summed E-state index contributed by atoms with van der Waals surface area (Å²) in [5.41, 5.74) is 4.16. The number of esters is 1. The van der Waals surface area contributed by atoms with Crippen molar-refractivity contribution in [3.63, 3.8) is 0 Å². The first-order chi connectivity index (χ1) is 14.9. The van der Waals surface area contributed by atoms with Gasteiger partial charge in [-0.1, -0.05) is 60.1 Å². The minimum atomic E-state index is -0.881. The Balaban J connectivity index is 1.76. The maximum absolute atomic E-state index is 12.5. The molecule has 1 aromatic heterocycles. The average molecular weight is 438 g/mol. The van der Waals surface area contributed by atoms with Gasteiger partial charge in [0.1, 0.15) is 0 Å². The van der Waals surface area contributed by atoms with Crippen LogP contribution >= 0.6 is 11.6 Å². The summed E-state index contributed by atoms with van der Waals surface area (Å²) in [6, 6.07) is 15.7. The third-order valence-electron chi connectivity index (χ3n) is 4.97. The maximum atomic E-state index is 12.5. The lowest BCUT2D eigenvalue weighted by molar-refractivity contribution is -0.144. The largest absolute Gasteiger partial charge is 0.467 e. The molecule has 0 saturated carbocycles. The lowest BCUT2D eigenvalue weighted by Crippen LogP contribution is -2.33. The van der Waals surface area contributed by atoms with Gasteiger partial charge in [0.2, 0.25) is 5.91 Å². The highest BCUT2D eigenvalue weighted by atomic mass is 35.5. The molecule has 0 saturated heterocycles. The second kappa shape index (κ2) is 10.1. The Morgan fingerprint density at radius 2 is 1.81 bits per heavy atom. The summed E-state index contributed by atoms with van der Waals surface area (Å²) in [5, 5.41) is 7.96. The van der Waals surface area contributed by atoms with E-state index in [1.165, 1.54) is 13.2 Å². The molecule has 0 aliphatic carbocycles. The molecule has 3 rings (SSSR count). The molecule has 0 radical (unpaired) electrons. The minimum absolute atomic E-state index is 0.406. The molecule has 6 nitrogen and oxygen atoms in total. The summed E-state index contributed by atoms with van der Waals surface area (Å²) in [4.78, 5) is 24.7. The van der Waals surface area contributed by atoms with Gasteiger partial charge >= 0.3 is 5.97 Å². The summed E-state index contributed by atoms with van der Waals surface area (Å²) in [5.74, 6) is -0.940. The number of ether oxygens (including phenoxy) is 1. The van der Waals surface area contributed by atoms with Crippen LogP contribution in [-0.4, -0.2) is 28.8 Å². The number of nitrogens with one attached hydrogen (secondary N) is 1. The first-order valence-corrected chi connectivity index (χ1v) is 10.2. The molecule has 2 aromatic carbocycles. The second-order valence-corrected chi connectivity index (χ2v) is 7.45. The van der Waals surface area contributed by atoms with Crippen molar-refractivity contribution in [1.82, 2.24) is 15.1 Å². The molecule has 0 spiro atoms. The normalized spacial score (nSPS) is 12.0. The number of hydrogen-bond donors (Lipinski definition) is 1. The molecule has 160 valence electrons. The van der Waals surface area contributed by atoms with E-state index >= 15 is 0 Å². The number of benzene rings is 2. The smallest absolute Gasteiger partial charge is 0.333 e. The standard InChI is InChI=1S/C24H24ClN3O3/c1-16-20(17(2)28(27-16)15-19-11-7-8-12-21(19)25)13-14-22(29)26-23(24(30)31-3)18-9-5-4-6-10-18/h4-14,23H,15H2,1-3H3,(H,26,29)/b14-13+. The average Bonchev–Trinajstić information content (AvgIpc) is 3.04. The Morgan fingerprint density at radius 1 is 1.13 bits per heavy atom. The number of amides is 1. The van der Waals surface area contributed by atoms with Crippen LogP contribution in [-0.2, 0) is 20.9 Å². The van der Waals surface area contributed by atoms with Crippen molar-refractivity contribution in [2.75, 3.05) is 7.11 Å². The number of aryl methyl sites for hydroxylation is 1. The molecule has 0 bridgehead atoms. The van der Waals surface area contributed by atoms with Gasteiger partial charge in [0.25, 0.3) is 0 Å². The zero-order chi connectivity index (χ0) is 22.4. The molecule has 0 aliphatic heterocycles. The van der Waals surface area contributed by atoms with E-state index in [-0.39, 0.29) is 0 Å². The van der Waals surface area contributed by atoms with Gasteiger partial charge in [0.05, 0.1) is 19.3 Å². The number of carbonyl (C=O) groups is 2. The van der Waals surface area contributed by atoms with Crippen molar-refractivity contribution in [1.29, 1.82) is 0 Å². The molecule has 7 heteroatoms. The molecule has 1 heterocycles. The summed E-state index contributed by atoms with van der Waals surface area (Å²) in [6.07, 6.45) is 3.10. The van der Waals surface area contributed by atoms with Crippen molar-refractivity contribution < 1.29 is 14.3 Å². The lowest BCUT2D eigenvalue weighted by atomic mass is 10.1. The second-order valence-electron chi connectivity index (χ2n) is 7.04. The van der Waals surface area contributed by atoms with Gasteiger partial charge in [-0.2, -0.15) is 5.10 Å². The molecule has 0 aliphatic rings. The summed E-state index contributed by atoms with van der Waals surface area (Å²) < 4.78 is 6.69. The lowest BCUT2D eigenvalue weighted by Gasteiger charge is -2.15. The quantitative estimate of drug-likeness (QED) is 0.443. The van der Waals surface area contributed by atoms with Crippen LogP contribution in [0, 0.1) is 13.8 Å². The van der Waals surface area contributed by atoms with Gasteiger partial charge in [0, 0.05) is 22.4 Å². The van der Waals surface area contributed by atoms with Crippen LogP contribution in [0.1, 0.15) is 34.1 Å². The molecule has 3 aromatic rings. The Morgan fingerprint density at radius 3 is 2.48 bits per heavy atom. The zero-order valence-electron chi connectivity index (χ0n) is 17.6. The van der Waals surface area contributed by atoms with E-state index in [9.17, 15) is 9.59 Å². The molecule has 0 fully saturated rings. The van der Waals surface area contributed by atoms with Crippen LogP contribution < -0.4 is 5.32 Å².